The van der Waals surface area contributed by atoms with E-state index in [4.69, 9.17) is 5.73 Å². The van der Waals surface area contributed by atoms with Crippen LogP contribution >= 0.6 is 11.3 Å². The highest BCUT2D eigenvalue weighted by molar-refractivity contribution is 7.21. The zero-order valence-electron chi connectivity index (χ0n) is 11.3. The van der Waals surface area contributed by atoms with Gasteiger partial charge in [0.05, 0.1) is 5.69 Å². The Morgan fingerprint density at radius 3 is 2.95 bits per heavy atom. The second-order valence-electron chi connectivity index (χ2n) is 4.57. The SMILES string of the molecule is CCCC(CC)NC(=O)c1sc2ncccc2c1N. The molecule has 0 bridgehead atoms. The molecular formula is C14H19N3OS. The second kappa shape index (κ2) is 6.02. The van der Waals surface area contributed by atoms with Crippen molar-refractivity contribution < 1.29 is 4.79 Å². The number of nitrogens with zero attached hydrogens (tertiary/aromatic N) is 1. The Hall–Kier alpha value is -1.62. The van der Waals surface area contributed by atoms with Gasteiger partial charge in [0.15, 0.2) is 0 Å². The van der Waals surface area contributed by atoms with Gasteiger partial charge in [-0.2, -0.15) is 0 Å². The molecule has 1 amide bonds. The summed E-state index contributed by atoms with van der Waals surface area (Å²) < 4.78 is 0. The molecule has 0 spiro atoms. The maximum Gasteiger partial charge on any atom is 0.263 e. The van der Waals surface area contributed by atoms with Crippen molar-refractivity contribution in [3.63, 3.8) is 0 Å². The Morgan fingerprint density at radius 2 is 2.32 bits per heavy atom. The van der Waals surface area contributed by atoms with E-state index in [0.29, 0.717) is 10.6 Å². The lowest BCUT2D eigenvalue weighted by Gasteiger charge is -2.15. The maximum absolute atomic E-state index is 12.3. The first-order valence-corrected chi connectivity index (χ1v) is 7.42. The van der Waals surface area contributed by atoms with Gasteiger partial charge in [0.2, 0.25) is 0 Å². The molecule has 0 aliphatic carbocycles. The number of pyridine rings is 1. The predicted molar refractivity (Wildman–Crippen MR) is 80.5 cm³/mol. The van der Waals surface area contributed by atoms with E-state index in [1.165, 1.54) is 11.3 Å². The molecule has 102 valence electrons. The van der Waals surface area contributed by atoms with Gasteiger partial charge in [0, 0.05) is 17.6 Å². The zero-order chi connectivity index (χ0) is 13.8. The molecule has 0 aliphatic rings. The lowest BCUT2D eigenvalue weighted by Crippen LogP contribution is -2.34. The summed E-state index contributed by atoms with van der Waals surface area (Å²) in [6.07, 6.45) is 4.70. The number of nitrogens with one attached hydrogen (secondary N) is 1. The molecular weight excluding hydrogens is 258 g/mol. The molecule has 19 heavy (non-hydrogen) atoms. The first-order chi connectivity index (χ1) is 9.17. The van der Waals surface area contributed by atoms with Gasteiger partial charge >= 0.3 is 0 Å². The highest BCUT2D eigenvalue weighted by Gasteiger charge is 2.18. The number of aromatic nitrogens is 1. The van der Waals surface area contributed by atoms with Gasteiger partial charge in [-0.3, -0.25) is 4.79 Å². The van der Waals surface area contributed by atoms with E-state index >= 15 is 0 Å². The van der Waals surface area contributed by atoms with E-state index in [-0.39, 0.29) is 11.9 Å². The minimum Gasteiger partial charge on any atom is -0.397 e. The molecule has 0 saturated heterocycles. The molecule has 2 aromatic rings. The number of hydrogen-bond donors (Lipinski definition) is 2. The van der Waals surface area contributed by atoms with Crippen molar-refractivity contribution >= 4 is 33.1 Å². The topological polar surface area (TPSA) is 68.0 Å². The fraction of sp³-hybridized carbons (Fsp3) is 0.429. The lowest BCUT2D eigenvalue weighted by atomic mass is 10.1. The summed E-state index contributed by atoms with van der Waals surface area (Å²) in [7, 11) is 0. The number of rotatable bonds is 5. The Balaban J connectivity index is 2.24. The number of fused-ring (bicyclic) bond motifs is 1. The summed E-state index contributed by atoms with van der Waals surface area (Å²) in [5.74, 6) is -0.0826. The highest BCUT2D eigenvalue weighted by Crippen LogP contribution is 2.31. The number of nitrogens with two attached hydrogens (primary N) is 1. The van der Waals surface area contributed by atoms with Gasteiger partial charge in [-0.25, -0.2) is 4.98 Å². The third kappa shape index (κ3) is 2.87. The monoisotopic (exact) mass is 277 g/mol. The lowest BCUT2D eigenvalue weighted by molar-refractivity contribution is 0.0938. The molecule has 2 rings (SSSR count). The van der Waals surface area contributed by atoms with Crippen LogP contribution in [0, 0.1) is 0 Å². The van der Waals surface area contributed by atoms with Crippen LogP contribution in [0.3, 0.4) is 0 Å². The largest absolute Gasteiger partial charge is 0.397 e. The Morgan fingerprint density at radius 1 is 1.53 bits per heavy atom. The minimum absolute atomic E-state index is 0.0826. The molecule has 0 fully saturated rings. The average Bonchev–Trinajstić information content (AvgIpc) is 2.76. The normalized spacial score (nSPS) is 12.5. The Kier molecular flexibility index (Phi) is 4.37. The first-order valence-electron chi connectivity index (χ1n) is 6.61. The highest BCUT2D eigenvalue weighted by atomic mass is 32.1. The van der Waals surface area contributed by atoms with E-state index in [0.717, 1.165) is 29.5 Å². The second-order valence-corrected chi connectivity index (χ2v) is 5.57. The first kappa shape index (κ1) is 13.8. The van der Waals surface area contributed by atoms with Crippen LogP contribution in [0.1, 0.15) is 42.8 Å². The van der Waals surface area contributed by atoms with Gasteiger partial charge in [-0.05, 0) is 25.0 Å². The molecule has 4 nitrogen and oxygen atoms in total. The van der Waals surface area contributed by atoms with Crippen molar-refractivity contribution in [1.29, 1.82) is 0 Å². The Bertz CT molecular complexity index is 579. The molecule has 5 heteroatoms. The summed E-state index contributed by atoms with van der Waals surface area (Å²) in [5.41, 5.74) is 6.58. The van der Waals surface area contributed by atoms with Crippen LogP contribution in [0.2, 0.25) is 0 Å². The molecule has 0 saturated carbocycles. The third-order valence-electron chi connectivity index (χ3n) is 3.18. The molecule has 2 heterocycles. The number of anilines is 1. The van der Waals surface area contributed by atoms with Crippen LogP contribution in [0.5, 0.6) is 0 Å². The smallest absolute Gasteiger partial charge is 0.263 e. The van der Waals surface area contributed by atoms with Gasteiger partial charge in [-0.15, -0.1) is 11.3 Å². The number of thiophene rings is 1. The van der Waals surface area contributed by atoms with Crippen LogP contribution < -0.4 is 11.1 Å². The third-order valence-corrected chi connectivity index (χ3v) is 4.30. The van der Waals surface area contributed by atoms with Crippen LogP contribution in [0.4, 0.5) is 5.69 Å². The summed E-state index contributed by atoms with van der Waals surface area (Å²) in [4.78, 5) is 17.9. The van der Waals surface area contributed by atoms with E-state index in [2.05, 4.69) is 24.1 Å². The van der Waals surface area contributed by atoms with Crippen molar-refractivity contribution in [2.75, 3.05) is 5.73 Å². The van der Waals surface area contributed by atoms with Gasteiger partial charge in [0.1, 0.15) is 9.71 Å². The van der Waals surface area contributed by atoms with Crippen LogP contribution in [-0.2, 0) is 0 Å². The van der Waals surface area contributed by atoms with E-state index in [1.807, 2.05) is 12.1 Å². The standard InChI is InChI=1S/C14H19N3OS/c1-3-6-9(4-2)17-13(18)12-11(15)10-7-5-8-16-14(10)19-12/h5,7-9H,3-4,6,15H2,1-2H3,(H,17,18). The van der Waals surface area contributed by atoms with Crippen molar-refractivity contribution in [3.8, 4) is 0 Å². The number of carbonyl (C=O) groups excluding carboxylic acids is 1. The van der Waals surface area contributed by atoms with Crippen LogP contribution in [-0.4, -0.2) is 16.9 Å². The van der Waals surface area contributed by atoms with E-state index in [9.17, 15) is 4.79 Å². The van der Waals surface area contributed by atoms with E-state index in [1.54, 1.807) is 6.20 Å². The maximum atomic E-state index is 12.3. The number of hydrogen-bond acceptors (Lipinski definition) is 4. The molecule has 0 aliphatic heterocycles. The van der Waals surface area contributed by atoms with Crippen molar-refractivity contribution in [2.45, 2.75) is 39.2 Å². The minimum atomic E-state index is -0.0826. The summed E-state index contributed by atoms with van der Waals surface area (Å²) >= 11 is 1.35. The molecule has 0 radical (unpaired) electrons. The fourth-order valence-corrected chi connectivity index (χ4v) is 3.06. The summed E-state index contributed by atoms with van der Waals surface area (Å²) in [6.45, 7) is 4.20. The quantitative estimate of drug-likeness (QED) is 0.882. The van der Waals surface area contributed by atoms with Crippen molar-refractivity contribution in [1.82, 2.24) is 10.3 Å². The zero-order valence-corrected chi connectivity index (χ0v) is 12.1. The van der Waals surface area contributed by atoms with Gasteiger partial charge in [0.25, 0.3) is 5.91 Å². The average molecular weight is 277 g/mol. The number of carbonyl (C=O) groups is 1. The molecule has 0 aromatic carbocycles. The molecule has 3 N–H and O–H groups in total. The van der Waals surface area contributed by atoms with Crippen molar-refractivity contribution in [2.24, 2.45) is 0 Å². The molecule has 2 aromatic heterocycles. The van der Waals surface area contributed by atoms with E-state index < -0.39 is 0 Å². The molecule has 1 atom stereocenters. The van der Waals surface area contributed by atoms with Crippen molar-refractivity contribution in [3.05, 3.63) is 23.2 Å². The van der Waals surface area contributed by atoms with Gasteiger partial charge < -0.3 is 11.1 Å². The summed E-state index contributed by atoms with van der Waals surface area (Å²) in [6, 6.07) is 3.95. The van der Waals surface area contributed by atoms with Crippen LogP contribution in [0.25, 0.3) is 10.2 Å². The molecule has 1 unspecified atom stereocenters. The number of nitrogen functional groups attached to an aromatic ring is 1. The Labute approximate surface area is 117 Å². The fourth-order valence-electron chi connectivity index (χ4n) is 2.10. The predicted octanol–water partition coefficient (Wildman–Crippen LogP) is 3.19. The van der Waals surface area contributed by atoms with Crippen LogP contribution in [0.15, 0.2) is 18.3 Å². The van der Waals surface area contributed by atoms with Gasteiger partial charge in [-0.1, -0.05) is 20.3 Å². The summed E-state index contributed by atoms with van der Waals surface area (Å²) in [5, 5.41) is 3.91. The number of amides is 1.